The second-order valence-electron chi connectivity index (χ2n) is 3.29. The summed E-state index contributed by atoms with van der Waals surface area (Å²) >= 11 is 5.92. The lowest BCUT2D eigenvalue weighted by Gasteiger charge is -2.10. The van der Waals surface area contributed by atoms with Crippen LogP contribution in [0.3, 0.4) is 0 Å². The van der Waals surface area contributed by atoms with Crippen LogP contribution in [-0.4, -0.2) is 5.91 Å². The topological polar surface area (TPSA) is 69.1 Å². The van der Waals surface area contributed by atoms with Gasteiger partial charge in [0.2, 0.25) is 5.91 Å². The fraction of sp³-hybridized carbons (Fsp3) is 0.300. The summed E-state index contributed by atoms with van der Waals surface area (Å²) in [5.41, 5.74) is 12.6. The van der Waals surface area contributed by atoms with Gasteiger partial charge in [0, 0.05) is 17.5 Å². The van der Waals surface area contributed by atoms with E-state index < -0.39 is 5.91 Å². The lowest BCUT2D eigenvalue weighted by atomic mass is 10.0. The number of nitrogens with two attached hydrogens (primary N) is 2. The molecule has 0 bridgehead atoms. The number of carbonyl (C=O) groups is 1. The Hall–Kier alpha value is -1.06. The van der Waals surface area contributed by atoms with E-state index in [1.165, 1.54) is 0 Å². The van der Waals surface area contributed by atoms with E-state index in [2.05, 4.69) is 0 Å². The predicted molar refractivity (Wildman–Crippen MR) is 56.9 cm³/mol. The first-order valence-corrected chi connectivity index (χ1v) is 4.68. The number of carbonyl (C=O) groups excluding carboxylic acids is 1. The van der Waals surface area contributed by atoms with Gasteiger partial charge in [-0.2, -0.15) is 0 Å². The number of hydrogen-bond acceptors (Lipinski definition) is 2. The first-order chi connectivity index (χ1) is 6.50. The SMILES string of the molecule is Cc1ccc(C(N)CC(N)=O)cc1Cl. The third-order valence-corrected chi connectivity index (χ3v) is 2.45. The molecule has 1 atom stereocenters. The number of amides is 1. The summed E-state index contributed by atoms with van der Waals surface area (Å²) in [7, 11) is 0. The van der Waals surface area contributed by atoms with E-state index in [4.69, 9.17) is 23.1 Å². The highest BCUT2D eigenvalue weighted by atomic mass is 35.5. The standard InChI is InChI=1S/C10H13ClN2O/c1-6-2-3-7(4-8(6)11)9(12)5-10(13)14/h2-4,9H,5,12H2,1H3,(H2,13,14). The Labute approximate surface area is 88.0 Å². The molecular formula is C10H13ClN2O. The third-order valence-electron chi connectivity index (χ3n) is 2.05. The molecule has 3 nitrogen and oxygen atoms in total. The van der Waals surface area contributed by atoms with Crippen LogP contribution in [0.25, 0.3) is 0 Å². The zero-order valence-corrected chi connectivity index (χ0v) is 8.71. The van der Waals surface area contributed by atoms with Crippen LogP contribution in [0.5, 0.6) is 0 Å². The number of aryl methyl sites for hydroxylation is 1. The average molecular weight is 213 g/mol. The number of rotatable bonds is 3. The zero-order chi connectivity index (χ0) is 10.7. The Balaban J connectivity index is 2.85. The van der Waals surface area contributed by atoms with Crippen LogP contribution in [0.2, 0.25) is 5.02 Å². The molecule has 0 aliphatic heterocycles. The predicted octanol–water partition coefficient (Wildman–Crippen LogP) is 1.52. The Morgan fingerprint density at radius 1 is 1.57 bits per heavy atom. The maximum atomic E-state index is 10.6. The molecule has 0 aromatic heterocycles. The van der Waals surface area contributed by atoms with E-state index in [0.29, 0.717) is 5.02 Å². The Bertz CT molecular complexity index is 352. The van der Waals surface area contributed by atoms with Crippen molar-refractivity contribution in [3.63, 3.8) is 0 Å². The van der Waals surface area contributed by atoms with E-state index in [1.807, 2.05) is 19.1 Å². The second kappa shape index (κ2) is 4.44. The summed E-state index contributed by atoms with van der Waals surface area (Å²) in [6.45, 7) is 1.91. The molecule has 4 heteroatoms. The molecule has 0 spiro atoms. The highest BCUT2D eigenvalue weighted by molar-refractivity contribution is 6.31. The van der Waals surface area contributed by atoms with Crippen molar-refractivity contribution in [2.24, 2.45) is 11.5 Å². The average Bonchev–Trinajstić information content (AvgIpc) is 2.08. The molecule has 14 heavy (non-hydrogen) atoms. The van der Waals surface area contributed by atoms with Gasteiger partial charge < -0.3 is 11.5 Å². The summed E-state index contributed by atoms with van der Waals surface area (Å²) in [5.74, 6) is -0.408. The summed E-state index contributed by atoms with van der Waals surface area (Å²) in [4.78, 5) is 10.6. The lowest BCUT2D eigenvalue weighted by Crippen LogP contribution is -2.20. The van der Waals surface area contributed by atoms with E-state index in [-0.39, 0.29) is 12.5 Å². The van der Waals surface area contributed by atoms with Crippen molar-refractivity contribution in [2.75, 3.05) is 0 Å². The third kappa shape index (κ3) is 2.72. The van der Waals surface area contributed by atoms with Gasteiger partial charge in [-0.1, -0.05) is 23.7 Å². The molecule has 0 heterocycles. The first-order valence-electron chi connectivity index (χ1n) is 4.30. The monoisotopic (exact) mass is 212 g/mol. The summed E-state index contributed by atoms with van der Waals surface area (Å²) < 4.78 is 0. The van der Waals surface area contributed by atoms with Crippen LogP contribution in [0, 0.1) is 6.92 Å². The second-order valence-corrected chi connectivity index (χ2v) is 3.69. The minimum Gasteiger partial charge on any atom is -0.370 e. The molecule has 1 aromatic carbocycles. The number of primary amides is 1. The maximum Gasteiger partial charge on any atom is 0.219 e. The Kier molecular flexibility index (Phi) is 3.49. The van der Waals surface area contributed by atoms with Crippen molar-refractivity contribution in [3.8, 4) is 0 Å². The van der Waals surface area contributed by atoms with Crippen molar-refractivity contribution in [1.82, 2.24) is 0 Å². The molecule has 0 fully saturated rings. The molecule has 0 radical (unpaired) electrons. The molecule has 0 saturated carbocycles. The van der Waals surface area contributed by atoms with Crippen molar-refractivity contribution in [2.45, 2.75) is 19.4 Å². The fourth-order valence-corrected chi connectivity index (χ4v) is 1.36. The quantitative estimate of drug-likeness (QED) is 0.798. The van der Waals surface area contributed by atoms with Crippen LogP contribution < -0.4 is 11.5 Å². The van der Waals surface area contributed by atoms with E-state index in [1.54, 1.807) is 6.07 Å². The largest absolute Gasteiger partial charge is 0.370 e. The summed E-state index contributed by atoms with van der Waals surface area (Å²) in [6, 6.07) is 5.13. The number of benzene rings is 1. The van der Waals surface area contributed by atoms with Gasteiger partial charge in [-0.05, 0) is 24.1 Å². The van der Waals surface area contributed by atoms with Crippen LogP contribution in [0.15, 0.2) is 18.2 Å². The smallest absolute Gasteiger partial charge is 0.219 e. The molecule has 76 valence electrons. The minimum atomic E-state index is -0.408. The highest BCUT2D eigenvalue weighted by Gasteiger charge is 2.09. The Morgan fingerprint density at radius 3 is 2.71 bits per heavy atom. The zero-order valence-electron chi connectivity index (χ0n) is 7.96. The van der Waals surface area contributed by atoms with Crippen molar-refractivity contribution in [3.05, 3.63) is 34.3 Å². The van der Waals surface area contributed by atoms with E-state index >= 15 is 0 Å². The van der Waals surface area contributed by atoms with Gasteiger partial charge in [0.05, 0.1) is 0 Å². The van der Waals surface area contributed by atoms with Crippen LogP contribution >= 0.6 is 11.6 Å². The minimum absolute atomic E-state index is 0.138. The van der Waals surface area contributed by atoms with Gasteiger partial charge in [-0.25, -0.2) is 0 Å². The van der Waals surface area contributed by atoms with Gasteiger partial charge in [-0.3, -0.25) is 4.79 Å². The van der Waals surface area contributed by atoms with Crippen molar-refractivity contribution >= 4 is 17.5 Å². The van der Waals surface area contributed by atoms with Crippen molar-refractivity contribution < 1.29 is 4.79 Å². The molecule has 0 saturated heterocycles. The molecule has 4 N–H and O–H groups in total. The molecule has 0 aliphatic rings. The summed E-state index contributed by atoms with van der Waals surface area (Å²) in [6.07, 6.45) is 0.138. The molecule has 1 rings (SSSR count). The Morgan fingerprint density at radius 2 is 2.21 bits per heavy atom. The van der Waals surface area contributed by atoms with Gasteiger partial charge in [0.1, 0.15) is 0 Å². The van der Waals surface area contributed by atoms with Gasteiger partial charge in [0.15, 0.2) is 0 Å². The molecule has 1 unspecified atom stereocenters. The van der Waals surface area contributed by atoms with Gasteiger partial charge >= 0.3 is 0 Å². The molecular weight excluding hydrogens is 200 g/mol. The summed E-state index contributed by atoms with van der Waals surface area (Å²) in [5, 5.41) is 0.655. The van der Waals surface area contributed by atoms with Crippen LogP contribution in [0.1, 0.15) is 23.6 Å². The van der Waals surface area contributed by atoms with Crippen molar-refractivity contribution in [1.29, 1.82) is 0 Å². The number of halogens is 1. The van der Waals surface area contributed by atoms with E-state index in [0.717, 1.165) is 11.1 Å². The van der Waals surface area contributed by atoms with E-state index in [9.17, 15) is 4.79 Å². The van der Waals surface area contributed by atoms with Crippen LogP contribution in [-0.2, 0) is 4.79 Å². The molecule has 0 aliphatic carbocycles. The first kappa shape index (κ1) is 11.0. The molecule has 1 aromatic rings. The fourth-order valence-electron chi connectivity index (χ4n) is 1.17. The van der Waals surface area contributed by atoms with Gasteiger partial charge in [0.25, 0.3) is 0 Å². The highest BCUT2D eigenvalue weighted by Crippen LogP contribution is 2.21. The van der Waals surface area contributed by atoms with Crippen LogP contribution in [0.4, 0.5) is 0 Å². The lowest BCUT2D eigenvalue weighted by molar-refractivity contribution is -0.118. The number of hydrogen-bond donors (Lipinski definition) is 2. The van der Waals surface area contributed by atoms with Gasteiger partial charge in [-0.15, -0.1) is 0 Å². The normalized spacial score (nSPS) is 12.5. The maximum absolute atomic E-state index is 10.6. The molecule has 1 amide bonds.